The SMILES string of the molecule is CCNC(=O)c1ccc(Cc2cc(-c3c(F)cccc3F)nc3c2C(=O)N(Cc2ccc(OC)cc2OC)C3)nc1. The lowest BCUT2D eigenvalue weighted by Gasteiger charge is -2.18. The summed E-state index contributed by atoms with van der Waals surface area (Å²) in [7, 11) is 3.10. The molecule has 0 saturated heterocycles. The number of hydrogen-bond donors (Lipinski definition) is 1. The Morgan fingerprint density at radius 3 is 2.44 bits per heavy atom. The summed E-state index contributed by atoms with van der Waals surface area (Å²) < 4.78 is 40.3. The van der Waals surface area contributed by atoms with Gasteiger partial charge in [0.15, 0.2) is 0 Å². The Labute approximate surface area is 236 Å². The molecule has 3 heterocycles. The van der Waals surface area contributed by atoms with Gasteiger partial charge in [0.25, 0.3) is 11.8 Å². The van der Waals surface area contributed by atoms with Gasteiger partial charge in [0.2, 0.25) is 0 Å². The van der Waals surface area contributed by atoms with Gasteiger partial charge in [-0.2, -0.15) is 0 Å². The summed E-state index contributed by atoms with van der Waals surface area (Å²) in [4.78, 5) is 36.4. The molecule has 0 aliphatic carbocycles. The Morgan fingerprint density at radius 2 is 1.78 bits per heavy atom. The van der Waals surface area contributed by atoms with E-state index in [0.717, 1.165) is 5.56 Å². The second kappa shape index (κ2) is 11.7. The Kier molecular flexibility index (Phi) is 7.91. The zero-order valence-electron chi connectivity index (χ0n) is 22.8. The molecule has 0 radical (unpaired) electrons. The van der Waals surface area contributed by atoms with Crippen LogP contribution in [0.15, 0.2) is 60.8 Å². The van der Waals surface area contributed by atoms with Crippen LogP contribution in [0.25, 0.3) is 11.3 Å². The third-order valence-corrected chi connectivity index (χ3v) is 6.89. The highest BCUT2D eigenvalue weighted by molar-refractivity contribution is 6.00. The number of rotatable bonds is 9. The molecule has 4 aromatic rings. The van der Waals surface area contributed by atoms with Gasteiger partial charge >= 0.3 is 0 Å². The van der Waals surface area contributed by atoms with Gasteiger partial charge in [-0.1, -0.05) is 6.07 Å². The molecule has 1 aliphatic rings. The third-order valence-electron chi connectivity index (χ3n) is 6.89. The number of aromatic nitrogens is 2. The fraction of sp³-hybridized carbons (Fsp3) is 0.226. The molecule has 10 heteroatoms. The number of benzene rings is 2. The summed E-state index contributed by atoms with van der Waals surface area (Å²) in [5.41, 5.74) is 2.88. The number of fused-ring (bicyclic) bond motifs is 1. The molecule has 5 rings (SSSR count). The zero-order chi connectivity index (χ0) is 29.1. The van der Waals surface area contributed by atoms with Gasteiger partial charge in [-0.05, 0) is 55.0 Å². The molecule has 2 amide bonds. The fourth-order valence-corrected chi connectivity index (χ4v) is 4.89. The number of nitrogens with one attached hydrogen (secondary N) is 1. The Balaban J connectivity index is 1.53. The van der Waals surface area contributed by atoms with E-state index in [1.165, 1.54) is 37.6 Å². The van der Waals surface area contributed by atoms with Crippen LogP contribution in [-0.4, -0.2) is 47.4 Å². The number of pyridine rings is 2. The number of amides is 2. The Hall–Kier alpha value is -4.86. The molecule has 0 atom stereocenters. The minimum absolute atomic E-state index is 0.0879. The highest BCUT2D eigenvalue weighted by Crippen LogP contribution is 2.34. The van der Waals surface area contributed by atoms with Crippen molar-refractivity contribution in [2.75, 3.05) is 20.8 Å². The van der Waals surface area contributed by atoms with E-state index in [1.807, 2.05) is 13.0 Å². The monoisotopic (exact) mass is 558 g/mol. The van der Waals surface area contributed by atoms with Crippen LogP contribution in [0.4, 0.5) is 8.78 Å². The van der Waals surface area contributed by atoms with E-state index < -0.39 is 11.6 Å². The maximum Gasteiger partial charge on any atom is 0.256 e. The molecule has 8 nitrogen and oxygen atoms in total. The van der Waals surface area contributed by atoms with Gasteiger partial charge < -0.3 is 19.7 Å². The standard InChI is InChI=1S/C31H28F2N4O4/c1-4-34-30(38)18-8-10-21(35-15-18)12-20-13-25(29-23(32)6-5-7-24(29)33)36-26-17-37(31(39)28(20)26)16-19-9-11-22(40-2)14-27(19)41-3/h5-11,13-15H,4,12,16-17H2,1-3H3,(H,34,38). The minimum atomic E-state index is -0.753. The number of nitrogens with zero attached hydrogens (tertiary/aromatic N) is 3. The van der Waals surface area contributed by atoms with E-state index in [4.69, 9.17) is 9.47 Å². The van der Waals surface area contributed by atoms with Crippen LogP contribution in [0, 0.1) is 11.6 Å². The van der Waals surface area contributed by atoms with Crippen molar-refractivity contribution in [3.05, 3.63) is 106 Å². The molecule has 0 saturated carbocycles. The maximum atomic E-state index is 14.8. The molecule has 1 aliphatic heterocycles. The van der Waals surface area contributed by atoms with Gasteiger partial charge in [0.1, 0.15) is 23.1 Å². The highest BCUT2D eigenvalue weighted by Gasteiger charge is 2.33. The molecular formula is C31H28F2N4O4. The predicted molar refractivity (Wildman–Crippen MR) is 148 cm³/mol. The molecule has 0 fully saturated rings. The van der Waals surface area contributed by atoms with Crippen molar-refractivity contribution in [3.8, 4) is 22.8 Å². The van der Waals surface area contributed by atoms with Crippen molar-refractivity contribution in [2.45, 2.75) is 26.4 Å². The van der Waals surface area contributed by atoms with Crippen molar-refractivity contribution in [3.63, 3.8) is 0 Å². The predicted octanol–water partition coefficient (Wildman–Crippen LogP) is 4.94. The average Bonchev–Trinajstić information content (AvgIpc) is 3.28. The van der Waals surface area contributed by atoms with Gasteiger partial charge in [-0.15, -0.1) is 0 Å². The van der Waals surface area contributed by atoms with Gasteiger partial charge in [0, 0.05) is 36.5 Å². The maximum absolute atomic E-state index is 14.8. The minimum Gasteiger partial charge on any atom is -0.497 e. The van der Waals surface area contributed by atoms with Crippen molar-refractivity contribution in [1.29, 1.82) is 0 Å². The van der Waals surface area contributed by atoms with E-state index in [-0.39, 0.29) is 42.6 Å². The Bertz CT molecular complexity index is 1610. The summed E-state index contributed by atoms with van der Waals surface area (Å²) in [5.74, 6) is -0.832. The van der Waals surface area contributed by atoms with E-state index >= 15 is 0 Å². The van der Waals surface area contributed by atoms with Crippen LogP contribution < -0.4 is 14.8 Å². The number of methoxy groups -OCH3 is 2. The lowest BCUT2D eigenvalue weighted by Crippen LogP contribution is -2.24. The first-order chi connectivity index (χ1) is 19.8. The molecule has 210 valence electrons. The van der Waals surface area contributed by atoms with Crippen LogP contribution in [0.1, 0.15) is 50.2 Å². The molecule has 2 aromatic heterocycles. The van der Waals surface area contributed by atoms with Crippen molar-refractivity contribution in [2.24, 2.45) is 0 Å². The summed E-state index contributed by atoms with van der Waals surface area (Å²) >= 11 is 0. The smallest absolute Gasteiger partial charge is 0.256 e. The van der Waals surface area contributed by atoms with Crippen molar-refractivity contribution in [1.82, 2.24) is 20.2 Å². The normalized spacial score (nSPS) is 12.3. The summed E-state index contributed by atoms with van der Waals surface area (Å²) in [6, 6.07) is 13.8. The van der Waals surface area contributed by atoms with E-state index in [1.54, 1.807) is 36.3 Å². The molecule has 0 bridgehead atoms. The number of carbonyl (C=O) groups is 2. The quantitative estimate of drug-likeness (QED) is 0.313. The zero-order valence-corrected chi connectivity index (χ0v) is 22.8. The first-order valence-electron chi connectivity index (χ1n) is 13.0. The molecule has 41 heavy (non-hydrogen) atoms. The summed E-state index contributed by atoms with van der Waals surface area (Å²) in [5, 5.41) is 2.72. The van der Waals surface area contributed by atoms with Crippen molar-refractivity contribution < 1.29 is 27.8 Å². The lowest BCUT2D eigenvalue weighted by atomic mass is 9.98. The Morgan fingerprint density at radius 1 is 1.00 bits per heavy atom. The van der Waals surface area contributed by atoms with E-state index in [2.05, 4.69) is 15.3 Å². The molecular weight excluding hydrogens is 530 g/mol. The van der Waals surface area contributed by atoms with E-state index in [0.29, 0.717) is 46.1 Å². The first kappa shape index (κ1) is 27.7. The van der Waals surface area contributed by atoms with Crippen LogP contribution in [0.5, 0.6) is 11.5 Å². The average molecular weight is 559 g/mol. The second-order valence-corrected chi connectivity index (χ2v) is 9.50. The van der Waals surface area contributed by atoms with Gasteiger partial charge in [-0.25, -0.2) is 13.8 Å². The number of hydrogen-bond acceptors (Lipinski definition) is 6. The first-order valence-corrected chi connectivity index (χ1v) is 13.0. The van der Waals surface area contributed by atoms with Gasteiger partial charge in [0.05, 0.1) is 55.4 Å². The van der Waals surface area contributed by atoms with Crippen LogP contribution in [0.3, 0.4) is 0 Å². The molecule has 0 unspecified atom stereocenters. The number of ether oxygens (including phenoxy) is 2. The topological polar surface area (TPSA) is 93.7 Å². The van der Waals surface area contributed by atoms with Crippen LogP contribution in [0.2, 0.25) is 0 Å². The molecule has 2 aromatic carbocycles. The molecule has 1 N–H and O–H groups in total. The second-order valence-electron chi connectivity index (χ2n) is 9.50. The number of halogens is 2. The highest BCUT2D eigenvalue weighted by atomic mass is 19.1. The van der Waals surface area contributed by atoms with Crippen molar-refractivity contribution >= 4 is 11.8 Å². The van der Waals surface area contributed by atoms with Crippen LogP contribution in [-0.2, 0) is 19.5 Å². The fourth-order valence-electron chi connectivity index (χ4n) is 4.89. The third kappa shape index (κ3) is 5.58. The molecule has 0 spiro atoms. The summed E-state index contributed by atoms with van der Waals surface area (Å²) in [6.07, 6.45) is 1.65. The largest absolute Gasteiger partial charge is 0.497 e. The van der Waals surface area contributed by atoms with Crippen LogP contribution >= 0.6 is 0 Å². The van der Waals surface area contributed by atoms with E-state index in [9.17, 15) is 18.4 Å². The number of carbonyl (C=O) groups excluding carboxylic acids is 2. The lowest BCUT2D eigenvalue weighted by molar-refractivity contribution is 0.0764. The summed E-state index contributed by atoms with van der Waals surface area (Å²) in [6.45, 7) is 2.68. The van der Waals surface area contributed by atoms with Gasteiger partial charge in [-0.3, -0.25) is 14.6 Å².